The summed E-state index contributed by atoms with van der Waals surface area (Å²) >= 11 is 7.16. The van der Waals surface area contributed by atoms with Crippen LogP contribution in [0.25, 0.3) is 0 Å². The van der Waals surface area contributed by atoms with Crippen LogP contribution in [0.4, 0.5) is 4.79 Å². The van der Waals surface area contributed by atoms with Crippen molar-refractivity contribution in [3.63, 3.8) is 0 Å². The molecule has 3 amide bonds. The van der Waals surface area contributed by atoms with Gasteiger partial charge < -0.3 is 9.84 Å². The molecule has 1 atom stereocenters. The Labute approximate surface area is 128 Å². The number of aryl methyl sites for hydroxylation is 1. The highest BCUT2D eigenvalue weighted by atomic mass is 35.5. The first-order chi connectivity index (χ1) is 9.90. The van der Waals surface area contributed by atoms with Crippen molar-refractivity contribution in [3.8, 4) is 0 Å². The van der Waals surface area contributed by atoms with Gasteiger partial charge in [-0.3, -0.25) is 9.69 Å². The Morgan fingerprint density at radius 3 is 2.81 bits per heavy atom. The Morgan fingerprint density at radius 2 is 2.24 bits per heavy atom. The highest BCUT2D eigenvalue weighted by Gasteiger charge is 2.50. The number of hydrogen-bond acceptors (Lipinski definition) is 6. The van der Waals surface area contributed by atoms with E-state index in [9.17, 15) is 9.59 Å². The van der Waals surface area contributed by atoms with Gasteiger partial charge in [0.2, 0.25) is 5.89 Å². The second-order valence-electron chi connectivity index (χ2n) is 4.78. The number of aromatic nitrogens is 2. The molecule has 9 heteroatoms. The molecule has 1 fully saturated rings. The number of imide groups is 1. The van der Waals surface area contributed by atoms with E-state index in [1.165, 1.54) is 11.3 Å². The number of nitrogens with zero attached hydrogens (tertiary/aromatic N) is 3. The minimum Gasteiger partial charge on any atom is -0.340 e. The van der Waals surface area contributed by atoms with E-state index in [4.69, 9.17) is 16.1 Å². The third-order valence-corrected chi connectivity index (χ3v) is 4.66. The minimum absolute atomic E-state index is 0.0310. The smallest absolute Gasteiger partial charge is 0.325 e. The molecule has 0 aromatic carbocycles. The van der Waals surface area contributed by atoms with Gasteiger partial charge in [-0.05, 0) is 19.1 Å². The SMILES string of the molecule is Cc1nc(CN2C(=O)NC(C)(c3ccc(Cl)s3)C2=O)no1. The lowest BCUT2D eigenvalue weighted by Crippen LogP contribution is -2.40. The van der Waals surface area contributed by atoms with Gasteiger partial charge in [0.05, 0.1) is 10.9 Å². The van der Waals surface area contributed by atoms with Crippen molar-refractivity contribution in [3.05, 3.63) is 33.1 Å². The molecule has 2 aromatic heterocycles. The summed E-state index contributed by atoms with van der Waals surface area (Å²) in [7, 11) is 0. The lowest BCUT2D eigenvalue weighted by Gasteiger charge is -2.19. The monoisotopic (exact) mass is 326 g/mol. The second kappa shape index (κ2) is 4.81. The number of nitrogens with one attached hydrogen (secondary N) is 1. The number of rotatable bonds is 3. The van der Waals surface area contributed by atoms with Gasteiger partial charge in [0.25, 0.3) is 5.91 Å². The molecule has 7 nitrogen and oxygen atoms in total. The first-order valence-corrected chi connectivity index (χ1v) is 7.29. The van der Waals surface area contributed by atoms with Gasteiger partial charge >= 0.3 is 6.03 Å². The zero-order valence-corrected chi connectivity index (χ0v) is 12.8. The summed E-state index contributed by atoms with van der Waals surface area (Å²) in [6.07, 6.45) is 0. The first-order valence-electron chi connectivity index (χ1n) is 6.09. The number of hydrogen-bond donors (Lipinski definition) is 1. The van der Waals surface area contributed by atoms with Gasteiger partial charge in [-0.25, -0.2) is 4.79 Å². The van der Waals surface area contributed by atoms with Crippen LogP contribution in [0.1, 0.15) is 23.5 Å². The molecule has 1 unspecified atom stereocenters. The van der Waals surface area contributed by atoms with Crippen molar-refractivity contribution < 1.29 is 14.1 Å². The van der Waals surface area contributed by atoms with Crippen LogP contribution in [0.3, 0.4) is 0 Å². The van der Waals surface area contributed by atoms with Crippen molar-refractivity contribution in [2.45, 2.75) is 25.9 Å². The van der Waals surface area contributed by atoms with Crippen LogP contribution in [0.2, 0.25) is 4.34 Å². The standard InChI is InChI=1S/C12H11ClN4O3S/c1-6-14-9(16-20-6)5-17-10(18)12(2,15-11(17)19)7-3-4-8(13)21-7/h3-4H,5H2,1-2H3,(H,15,19). The van der Waals surface area contributed by atoms with E-state index in [2.05, 4.69) is 15.5 Å². The van der Waals surface area contributed by atoms with Crippen molar-refractivity contribution in [1.82, 2.24) is 20.4 Å². The van der Waals surface area contributed by atoms with E-state index in [0.717, 1.165) is 4.90 Å². The van der Waals surface area contributed by atoms with Crippen molar-refractivity contribution >= 4 is 34.9 Å². The maximum absolute atomic E-state index is 12.6. The topological polar surface area (TPSA) is 88.3 Å². The quantitative estimate of drug-likeness (QED) is 0.872. The lowest BCUT2D eigenvalue weighted by atomic mass is 10.0. The maximum Gasteiger partial charge on any atom is 0.325 e. The second-order valence-corrected chi connectivity index (χ2v) is 6.49. The summed E-state index contributed by atoms with van der Waals surface area (Å²) in [5.74, 6) is 0.294. The van der Waals surface area contributed by atoms with E-state index >= 15 is 0 Å². The fraction of sp³-hybridized carbons (Fsp3) is 0.333. The Morgan fingerprint density at radius 1 is 1.48 bits per heavy atom. The average Bonchev–Trinajstić information content (AvgIpc) is 3.08. The molecular weight excluding hydrogens is 316 g/mol. The zero-order valence-electron chi connectivity index (χ0n) is 11.2. The van der Waals surface area contributed by atoms with Crippen LogP contribution in [0.15, 0.2) is 16.7 Å². The van der Waals surface area contributed by atoms with Crippen LogP contribution < -0.4 is 5.32 Å². The molecule has 21 heavy (non-hydrogen) atoms. The zero-order chi connectivity index (χ0) is 15.2. The van der Waals surface area contributed by atoms with Crippen LogP contribution in [0, 0.1) is 6.92 Å². The van der Waals surface area contributed by atoms with Gasteiger partial charge in [0.1, 0.15) is 0 Å². The highest BCUT2D eigenvalue weighted by Crippen LogP contribution is 2.35. The molecule has 1 aliphatic rings. The highest BCUT2D eigenvalue weighted by molar-refractivity contribution is 7.16. The van der Waals surface area contributed by atoms with Crippen LogP contribution in [-0.2, 0) is 16.9 Å². The van der Waals surface area contributed by atoms with Gasteiger partial charge in [0, 0.05) is 11.8 Å². The van der Waals surface area contributed by atoms with Crippen molar-refractivity contribution in [1.29, 1.82) is 0 Å². The van der Waals surface area contributed by atoms with Crippen molar-refractivity contribution in [2.24, 2.45) is 0 Å². The number of amides is 3. The van der Waals surface area contributed by atoms with Gasteiger partial charge in [-0.2, -0.15) is 4.98 Å². The molecular formula is C12H11ClN4O3S. The fourth-order valence-corrected chi connectivity index (χ4v) is 3.27. The molecule has 3 heterocycles. The molecule has 1 aliphatic heterocycles. The summed E-state index contributed by atoms with van der Waals surface area (Å²) in [6.45, 7) is 3.26. The molecule has 0 radical (unpaired) electrons. The Kier molecular flexibility index (Phi) is 3.22. The molecule has 0 spiro atoms. The van der Waals surface area contributed by atoms with Gasteiger partial charge in [0.15, 0.2) is 11.4 Å². The number of carbonyl (C=O) groups is 2. The molecule has 0 aliphatic carbocycles. The van der Waals surface area contributed by atoms with E-state index in [1.807, 2.05) is 0 Å². The van der Waals surface area contributed by atoms with Crippen LogP contribution >= 0.6 is 22.9 Å². The molecule has 1 N–H and O–H groups in total. The fourth-order valence-electron chi connectivity index (χ4n) is 2.14. The number of carbonyl (C=O) groups excluding carboxylic acids is 2. The largest absolute Gasteiger partial charge is 0.340 e. The Hall–Kier alpha value is -1.93. The predicted octanol–water partition coefficient (Wildman–Crippen LogP) is 2.06. The lowest BCUT2D eigenvalue weighted by molar-refractivity contribution is -0.131. The summed E-state index contributed by atoms with van der Waals surface area (Å²) in [6, 6.07) is 2.93. The summed E-state index contributed by atoms with van der Waals surface area (Å²) in [5.41, 5.74) is -1.12. The van der Waals surface area contributed by atoms with Gasteiger partial charge in [-0.1, -0.05) is 16.8 Å². The molecule has 3 rings (SSSR count). The normalized spacial score (nSPS) is 22.0. The van der Waals surface area contributed by atoms with Crippen LogP contribution in [0.5, 0.6) is 0 Å². The number of urea groups is 1. The minimum atomic E-state index is -1.12. The van der Waals surface area contributed by atoms with Crippen molar-refractivity contribution in [2.75, 3.05) is 0 Å². The van der Waals surface area contributed by atoms with Crippen LogP contribution in [-0.4, -0.2) is 27.0 Å². The number of thiophene rings is 1. The summed E-state index contributed by atoms with van der Waals surface area (Å²) < 4.78 is 5.40. The average molecular weight is 327 g/mol. The van der Waals surface area contributed by atoms with Gasteiger partial charge in [-0.15, -0.1) is 11.3 Å². The maximum atomic E-state index is 12.6. The van der Waals surface area contributed by atoms with E-state index in [1.54, 1.807) is 26.0 Å². The Balaban J connectivity index is 1.88. The molecule has 110 valence electrons. The third kappa shape index (κ3) is 2.30. The third-order valence-electron chi connectivity index (χ3n) is 3.21. The molecule has 0 bridgehead atoms. The number of halogens is 1. The molecule has 2 aromatic rings. The van der Waals surface area contributed by atoms with E-state index < -0.39 is 11.6 Å². The molecule has 1 saturated heterocycles. The van der Waals surface area contributed by atoms with E-state index in [0.29, 0.717) is 15.1 Å². The summed E-state index contributed by atoms with van der Waals surface area (Å²) in [5, 5.41) is 6.38. The van der Waals surface area contributed by atoms with E-state index in [-0.39, 0.29) is 18.3 Å². The Bertz CT molecular complexity index is 728. The summed E-state index contributed by atoms with van der Waals surface area (Å²) in [4.78, 5) is 30.4. The molecule has 0 saturated carbocycles. The first kappa shape index (κ1) is 14.0. The predicted molar refractivity (Wildman–Crippen MR) is 74.8 cm³/mol.